The van der Waals surface area contributed by atoms with Crippen molar-refractivity contribution in [3.05, 3.63) is 16.5 Å². The molecule has 0 bridgehead atoms. The molecule has 1 aromatic heterocycles. The Kier molecular flexibility index (Phi) is 5.97. The van der Waals surface area contributed by atoms with Crippen LogP contribution in [0.3, 0.4) is 0 Å². The van der Waals surface area contributed by atoms with Crippen molar-refractivity contribution in [1.29, 1.82) is 0 Å². The first-order chi connectivity index (χ1) is 8.46. The lowest BCUT2D eigenvalue weighted by molar-refractivity contribution is 0.584. The van der Waals surface area contributed by atoms with Crippen LogP contribution in [-0.2, 0) is 16.4 Å². The van der Waals surface area contributed by atoms with Gasteiger partial charge >= 0.3 is 0 Å². The summed E-state index contributed by atoms with van der Waals surface area (Å²) in [5.41, 5.74) is 0. The zero-order chi connectivity index (χ0) is 13.6. The molecule has 0 radical (unpaired) electrons. The van der Waals surface area contributed by atoms with E-state index in [1.54, 1.807) is 13.0 Å². The summed E-state index contributed by atoms with van der Waals surface area (Å²) in [6.45, 7) is 4.42. The minimum Gasteiger partial charge on any atom is -0.369 e. The van der Waals surface area contributed by atoms with E-state index in [2.05, 4.69) is 35.9 Å². The highest BCUT2D eigenvalue weighted by Gasteiger charge is 2.08. The number of hydrogen-bond acceptors (Lipinski definition) is 5. The Morgan fingerprint density at radius 1 is 1.33 bits per heavy atom. The number of rotatable bonds is 7. The maximum Gasteiger partial charge on any atom is 0.213 e. The third-order valence-corrected chi connectivity index (χ3v) is 3.97. The third kappa shape index (κ3) is 5.28. The second-order valence-corrected chi connectivity index (χ2v) is 6.33. The fourth-order valence-electron chi connectivity index (χ4n) is 1.32. The summed E-state index contributed by atoms with van der Waals surface area (Å²) < 4.78 is 26.0. The quantitative estimate of drug-likeness (QED) is 0.730. The van der Waals surface area contributed by atoms with Gasteiger partial charge in [0, 0.05) is 25.6 Å². The molecule has 1 heterocycles. The van der Waals surface area contributed by atoms with Crippen LogP contribution in [0.1, 0.15) is 19.7 Å². The summed E-state index contributed by atoms with van der Waals surface area (Å²) in [5, 5.41) is 2.97. The average molecular weight is 337 g/mol. The van der Waals surface area contributed by atoms with Crippen LogP contribution >= 0.6 is 15.9 Å². The topological polar surface area (TPSA) is 84.0 Å². The fraction of sp³-hybridized carbons (Fsp3) is 0.600. The van der Waals surface area contributed by atoms with E-state index < -0.39 is 10.0 Å². The summed E-state index contributed by atoms with van der Waals surface area (Å²) >= 11 is 3.29. The molecule has 2 N–H and O–H groups in total. The van der Waals surface area contributed by atoms with Crippen LogP contribution in [0.2, 0.25) is 0 Å². The van der Waals surface area contributed by atoms with Crippen LogP contribution < -0.4 is 10.0 Å². The highest BCUT2D eigenvalue weighted by molar-refractivity contribution is 9.10. The SMILES string of the molecule is CCNS(=O)(=O)CCNc1cc(Br)nc(CC)n1. The van der Waals surface area contributed by atoms with Crippen molar-refractivity contribution in [2.45, 2.75) is 20.3 Å². The van der Waals surface area contributed by atoms with E-state index in [1.807, 2.05) is 6.92 Å². The van der Waals surface area contributed by atoms with Crippen molar-refractivity contribution < 1.29 is 8.42 Å². The Bertz CT molecular complexity index is 493. The van der Waals surface area contributed by atoms with E-state index in [1.165, 1.54) is 0 Å². The molecule has 0 fully saturated rings. The van der Waals surface area contributed by atoms with Crippen molar-refractivity contribution in [3.63, 3.8) is 0 Å². The number of anilines is 1. The van der Waals surface area contributed by atoms with Crippen LogP contribution in [0.4, 0.5) is 5.82 Å². The molecule has 1 aromatic rings. The summed E-state index contributed by atoms with van der Waals surface area (Å²) in [4.78, 5) is 8.42. The van der Waals surface area contributed by atoms with E-state index in [4.69, 9.17) is 0 Å². The predicted octanol–water partition coefficient (Wildman–Crippen LogP) is 1.15. The normalized spacial score (nSPS) is 11.5. The van der Waals surface area contributed by atoms with Gasteiger partial charge < -0.3 is 5.32 Å². The van der Waals surface area contributed by atoms with Gasteiger partial charge in [0.2, 0.25) is 10.0 Å². The molecule has 0 spiro atoms. The van der Waals surface area contributed by atoms with E-state index in [0.717, 1.165) is 6.42 Å². The van der Waals surface area contributed by atoms with E-state index in [-0.39, 0.29) is 5.75 Å². The lowest BCUT2D eigenvalue weighted by Gasteiger charge is -2.08. The first-order valence-electron chi connectivity index (χ1n) is 5.71. The maximum absolute atomic E-state index is 11.4. The van der Waals surface area contributed by atoms with E-state index in [9.17, 15) is 8.42 Å². The van der Waals surface area contributed by atoms with Gasteiger partial charge in [-0.25, -0.2) is 23.1 Å². The van der Waals surface area contributed by atoms with Gasteiger partial charge in [-0.1, -0.05) is 13.8 Å². The number of nitrogens with zero attached hydrogens (tertiary/aromatic N) is 2. The van der Waals surface area contributed by atoms with Gasteiger partial charge in [-0.2, -0.15) is 0 Å². The minimum absolute atomic E-state index is 0.0178. The monoisotopic (exact) mass is 336 g/mol. The number of aromatic nitrogens is 2. The highest BCUT2D eigenvalue weighted by Crippen LogP contribution is 2.12. The zero-order valence-electron chi connectivity index (χ0n) is 10.4. The Balaban J connectivity index is 2.56. The van der Waals surface area contributed by atoms with Crippen molar-refractivity contribution in [3.8, 4) is 0 Å². The standard InChI is InChI=1S/C10H17BrN4O2S/c1-3-9-14-8(11)7-10(15-9)12-5-6-18(16,17)13-4-2/h7,13H,3-6H2,1-2H3,(H,12,14,15). The molecular formula is C10H17BrN4O2S. The Hall–Kier alpha value is -0.730. The first-order valence-corrected chi connectivity index (χ1v) is 8.16. The molecule has 1 rings (SSSR count). The Morgan fingerprint density at radius 2 is 2.06 bits per heavy atom. The van der Waals surface area contributed by atoms with Crippen LogP contribution in [0, 0.1) is 0 Å². The molecule has 102 valence electrons. The Labute approximate surface area is 116 Å². The zero-order valence-corrected chi connectivity index (χ0v) is 12.8. The second kappa shape index (κ2) is 7.01. The minimum atomic E-state index is -3.20. The lowest BCUT2D eigenvalue weighted by Crippen LogP contribution is -2.29. The van der Waals surface area contributed by atoms with Crippen LogP contribution in [0.5, 0.6) is 0 Å². The molecule has 0 unspecified atom stereocenters. The summed E-state index contributed by atoms with van der Waals surface area (Å²) in [6, 6.07) is 1.72. The van der Waals surface area contributed by atoms with Crippen molar-refractivity contribution in [2.24, 2.45) is 0 Å². The van der Waals surface area contributed by atoms with Crippen molar-refractivity contribution in [2.75, 3.05) is 24.2 Å². The van der Waals surface area contributed by atoms with Gasteiger partial charge in [-0.15, -0.1) is 0 Å². The molecule has 18 heavy (non-hydrogen) atoms. The summed E-state index contributed by atoms with van der Waals surface area (Å²) in [7, 11) is -3.20. The van der Waals surface area contributed by atoms with Gasteiger partial charge in [0.15, 0.2) is 0 Å². The van der Waals surface area contributed by atoms with E-state index >= 15 is 0 Å². The molecular weight excluding hydrogens is 320 g/mol. The predicted molar refractivity (Wildman–Crippen MR) is 75.1 cm³/mol. The number of halogens is 1. The molecule has 0 aromatic carbocycles. The average Bonchev–Trinajstić information content (AvgIpc) is 2.27. The summed E-state index contributed by atoms with van der Waals surface area (Å²) in [6.07, 6.45) is 0.726. The maximum atomic E-state index is 11.4. The molecule has 0 aliphatic carbocycles. The molecule has 0 saturated heterocycles. The van der Waals surface area contributed by atoms with Crippen LogP contribution in [0.25, 0.3) is 0 Å². The molecule has 0 saturated carbocycles. The lowest BCUT2D eigenvalue weighted by atomic mass is 10.4. The van der Waals surface area contributed by atoms with Gasteiger partial charge in [-0.05, 0) is 15.9 Å². The molecule has 0 atom stereocenters. The number of nitrogens with one attached hydrogen (secondary N) is 2. The number of aryl methyl sites for hydroxylation is 1. The molecule has 6 nitrogen and oxygen atoms in total. The number of sulfonamides is 1. The van der Waals surface area contributed by atoms with Crippen LogP contribution in [-0.4, -0.2) is 37.2 Å². The van der Waals surface area contributed by atoms with Crippen molar-refractivity contribution in [1.82, 2.24) is 14.7 Å². The largest absolute Gasteiger partial charge is 0.369 e. The molecule has 0 aliphatic heterocycles. The second-order valence-electron chi connectivity index (χ2n) is 3.59. The fourth-order valence-corrected chi connectivity index (χ4v) is 2.70. The van der Waals surface area contributed by atoms with Gasteiger partial charge in [-0.3, -0.25) is 0 Å². The molecule has 8 heteroatoms. The molecule has 0 amide bonds. The van der Waals surface area contributed by atoms with Gasteiger partial charge in [0.25, 0.3) is 0 Å². The van der Waals surface area contributed by atoms with Gasteiger partial charge in [0.05, 0.1) is 5.75 Å². The van der Waals surface area contributed by atoms with Crippen LogP contribution in [0.15, 0.2) is 10.7 Å². The first kappa shape index (κ1) is 15.3. The smallest absolute Gasteiger partial charge is 0.213 e. The summed E-state index contributed by atoms with van der Waals surface area (Å²) in [5.74, 6) is 1.35. The Morgan fingerprint density at radius 3 is 2.67 bits per heavy atom. The van der Waals surface area contributed by atoms with Crippen molar-refractivity contribution >= 4 is 31.8 Å². The number of hydrogen-bond donors (Lipinski definition) is 2. The highest BCUT2D eigenvalue weighted by atomic mass is 79.9. The third-order valence-electron chi connectivity index (χ3n) is 2.10. The van der Waals surface area contributed by atoms with Gasteiger partial charge in [0.1, 0.15) is 16.2 Å². The molecule has 0 aliphatic rings. The van der Waals surface area contributed by atoms with E-state index in [0.29, 0.717) is 29.3 Å².